The number of phenols is 1. The molecule has 4 heteroatoms. The zero-order chi connectivity index (χ0) is 13.1. The Morgan fingerprint density at radius 3 is 2.61 bits per heavy atom. The summed E-state index contributed by atoms with van der Waals surface area (Å²) in [6.45, 7) is 1.92. The van der Waals surface area contributed by atoms with Crippen LogP contribution in [0.3, 0.4) is 0 Å². The highest BCUT2D eigenvalue weighted by Crippen LogP contribution is 2.27. The topological polar surface area (TPSA) is 52.5 Å². The molecule has 1 unspecified atom stereocenters. The Labute approximate surface area is 107 Å². The molecule has 1 aliphatic rings. The van der Waals surface area contributed by atoms with E-state index in [0.29, 0.717) is 11.6 Å². The van der Waals surface area contributed by atoms with Gasteiger partial charge in [-0.15, -0.1) is 0 Å². The molecule has 1 aromatic rings. The van der Waals surface area contributed by atoms with E-state index in [-0.39, 0.29) is 23.7 Å². The molecule has 0 heterocycles. The lowest BCUT2D eigenvalue weighted by atomic mass is 9.92. The second kappa shape index (κ2) is 5.67. The monoisotopic (exact) mass is 253 g/mol. The van der Waals surface area contributed by atoms with E-state index in [1.165, 1.54) is 18.2 Å². The molecule has 3 N–H and O–H groups in total. The Kier molecular flexibility index (Phi) is 4.19. The zero-order valence-corrected chi connectivity index (χ0v) is 10.6. The van der Waals surface area contributed by atoms with Crippen LogP contribution in [0.15, 0.2) is 18.2 Å². The van der Waals surface area contributed by atoms with Gasteiger partial charge in [-0.1, -0.05) is 0 Å². The van der Waals surface area contributed by atoms with Crippen molar-refractivity contribution >= 4 is 0 Å². The molecule has 1 aromatic carbocycles. The van der Waals surface area contributed by atoms with Crippen LogP contribution >= 0.6 is 0 Å². The molecule has 1 saturated carbocycles. The molecular weight excluding hydrogens is 233 g/mol. The third-order valence-corrected chi connectivity index (χ3v) is 3.64. The summed E-state index contributed by atoms with van der Waals surface area (Å²) in [5, 5.41) is 22.6. The van der Waals surface area contributed by atoms with Crippen LogP contribution in [-0.2, 0) is 0 Å². The fraction of sp³-hybridized carbons (Fsp3) is 0.571. The quantitative estimate of drug-likeness (QED) is 0.775. The number of nitrogens with one attached hydrogen (secondary N) is 1. The molecule has 0 radical (unpaired) electrons. The van der Waals surface area contributed by atoms with Gasteiger partial charge < -0.3 is 15.5 Å². The maximum Gasteiger partial charge on any atom is 0.123 e. The lowest BCUT2D eigenvalue weighted by molar-refractivity contribution is 0.114. The SMILES string of the molecule is CC(NC1CCC(O)CC1)c1cc(F)ccc1O. The Morgan fingerprint density at radius 2 is 1.94 bits per heavy atom. The molecule has 0 saturated heterocycles. The highest BCUT2D eigenvalue weighted by atomic mass is 19.1. The van der Waals surface area contributed by atoms with Crippen molar-refractivity contribution < 1.29 is 14.6 Å². The fourth-order valence-electron chi connectivity index (χ4n) is 2.56. The number of hydrogen-bond acceptors (Lipinski definition) is 3. The van der Waals surface area contributed by atoms with Crippen LogP contribution in [0.5, 0.6) is 5.75 Å². The third-order valence-electron chi connectivity index (χ3n) is 3.64. The van der Waals surface area contributed by atoms with Crippen molar-refractivity contribution in [2.45, 2.75) is 50.8 Å². The Balaban J connectivity index is 1.98. The lowest BCUT2D eigenvalue weighted by Crippen LogP contribution is -2.36. The third kappa shape index (κ3) is 3.21. The van der Waals surface area contributed by atoms with E-state index >= 15 is 0 Å². The van der Waals surface area contributed by atoms with Gasteiger partial charge >= 0.3 is 0 Å². The van der Waals surface area contributed by atoms with Crippen LogP contribution in [0.1, 0.15) is 44.2 Å². The van der Waals surface area contributed by atoms with E-state index in [4.69, 9.17) is 0 Å². The number of phenolic OH excluding ortho intramolecular Hbond substituents is 1. The van der Waals surface area contributed by atoms with Crippen LogP contribution in [-0.4, -0.2) is 22.4 Å². The van der Waals surface area contributed by atoms with Crippen LogP contribution in [0.2, 0.25) is 0 Å². The first-order valence-electron chi connectivity index (χ1n) is 6.49. The van der Waals surface area contributed by atoms with Crippen molar-refractivity contribution in [1.29, 1.82) is 0 Å². The second-order valence-corrected chi connectivity index (χ2v) is 5.10. The molecule has 0 aliphatic heterocycles. The molecule has 100 valence electrons. The number of aromatic hydroxyl groups is 1. The summed E-state index contributed by atoms with van der Waals surface area (Å²) in [6, 6.07) is 4.23. The molecule has 0 amide bonds. The first-order chi connectivity index (χ1) is 8.56. The predicted octanol–water partition coefficient (Wildman–Crippen LogP) is 2.49. The van der Waals surface area contributed by atoms with Crippen molar-refractivity contribution in [3.63, 3.8) is 0 Å². The van der Waals surface area contributed by atoms with Crippen molar-refractivity contribution in [1.82, 2.24) is 5.32 Å². The number of aliphatic hydroxyl groups is 1. The van der Waals surface area contributed by atoms with Crippen molar-refractivity contribution in [2.24, 2.45) is 0 Å². The highest BCUT2D eigenvalue weighted by Gasteiger charge is 2.22. The van der Waals surface area contributed by atoms with Gasteiger partial charge in [0.25, 0.3) is 0 Å². The van der Waals surface area contributed by atoms with Gasteiger partial charge in [-0.3, -0.25) is 0 Å². The van der Waals surface area contributed by atoms with E-state index in [0.717, 1.165) is 25.7 Å². The Morgan fingerprint density at radius 1 is 1.28 bits per heavy atom. The maximum absolute atomic E-state index is 13.2. The van der Waals surface area contributed by atoms with Crippen LogP contribution in [0.25, 0.3) is 0 Å². The molecule has 0 bridgehead atoms. The van der Waals surface area contributed by atoms with Gasteiger partial charge in [-0.05, 0) is 50.8 Å². The molecule has 1 fully saturated rings. The van der Waals surface area contributed by atoms with Gasteiger partial charge in [0, 0.05) is 17.6 Å². The number of aliphatic hydroxyl groups excluding tert-OH is 1. The molecule has 3 nitrogen and oxygen atoms in total. The van der Waals surface area contributed by atoms with Gasteiger partial charge in [0.1, 0.15) is 11.6 Å². The molecule has 0 aromatic heterocycles. The molecular formula is C14H20FNO2. The summed E-state index contributed by atoms with van der Waals surface area (Å²) >= 11 is 0. The average molecular weight is 253 g/mol. The number of halogens is 1. The first kappa shape index (κ1) is 13.3. The highest BCUT2D eigenvalue weighted by molar-refractivity contribution is 5.34. The Bertz CT molecular complexity index is 403. The molecule has 2 rings (SSSR count). The van der Waals surface area contributed by atoms with Crippen LogP contribution < -0.4 is 5.32 Å². The van der Waals surface area contributed by atoms with Gasteiger partial charge in [0.05, 0.1) is 6.10 Å². The van der Waals surface area contributed by atoms with E-state index in [2.05, 4.69) is 5.32 Å². The maximum atomic E-state index is 13.2. The van der Waals surface area contributed by atoms with Gasteiger partial charge in [-0.25, -0.2) is 4.39 Å². The number of hydrogen-bond donors (Lipinski definition) is 3. The van der Waals surface area contributed by atoms with Crippen LogP contribution in [0.4, 0.5) is 4.39 Å². The minimum absolute atomic E-state index is 0.0963. The van der Waals surface area contributed by atoms with Crippen molar-refractivity contribution in [3.05, 3.63) is 29.6 Å². The molecule has 1 aliphatic carbocycles. The van der Waals surface area contributed by atoms with Gasteiger partial charge in [-0.2, -0.15) is 0 Å². The summed E-state index contributed by atoms with van der Waals surface area (Å²) in [4.78, 5) is 0. The van der Waals surface area contributed by atoms with Gasteiger partial charge in [0.15, 0.2) is 0 Å². The number of benzene rings is 1. The van der Waals surface area contributed by atoms with E-state index < -0.39 is 0 Å². The van der Waals surface area contributed by atoms with Crippen LogP contribution in [0, 0.1) is 5.82 Å². The zero-order valence-electron chi connectivity index (χ0n) is 10.6. The molecule has 0 spiro atoms. The van der Waals surface area contributed by atoms with E-state index in [9.17, 15) is 14.6 Å². The average Bonchev–Trinajstić information content (AvgIpc) is 2.35. The van der Waals surface area contributed by atoms with Crippen molar-refractivity contribution in [3.8, 4) is 5.75 Å². The summed E-state index contributed by atoms with van der Waals surface area (Å²) in [6.07, 6.45) is 3.27. The van der Waals surface area contributed by atoms with Crippen molar-refractivity contribution in [2.75, 3.05) is 0 Å². The molecule has 1 atom stereocenters. The second-order valence-electron chi connectivity index (χ2n) is 5.10. The summed E-state index contributed by atoms with van der Waals surface area (Å²) in [5.74, 6) is -0.220. The number of rotatable bonds is 3. The van der Waals surface area contributed by atoms with E-state index in [1.54, 1.807) is 0 Å². The fourth-order valence-corrected chi connectivity index (χ4v) is 2.56. The summed E-state index contributed by atoms with van der Waals surface area (Å²) in [5.41, 5.74) is 0.584. The van der Waals surface area contributed by atoms with Gasteiger partial charge in [0.2, 0.25) is 0 Å². The smallest absolute Gasteiger partial charge is 0.123 e. The largest absolute Gasteiger partial charge is 0.508 e. The molecule has 18 heavy (non-hydrogen) atoms. The Hall–Kier alpha value is -1.13. The minimum atomic E-state index is -0.337. The lowest BCUT2D eigenvalue weighted by Gasteiger charge is -2.29. The predicted molar refractivity (Wildman–Crippen MR) is 67.9 cm³/mol. The summed E-state index contributed by atoms with van der Waals surface area (Å²) < 4.78 is 13.2. The van der Waals surface area contributed by atoms with E-state index in [1.807, 2.05) is 6.92 Å². The first-order valence-corrected chi connectivity index (χ1v) is 6.49. The summed E-state index contributed by atoms with van der Waals surface area (Å²) in [7, 11) is 0. The standard InChI is InChI=1S/C14H20FNO2/c1-9(13-8-10(15)2-7-14(13)18)16-11-3-5-12(17)6-4-11/h2,7-9,11-12,16-18H,3-6H2,1H3. The normalized spacial score (nSPS) is 25.9. The minimum Gasteiger partial charge on any atom is -0.508 e.